The van der Waals surface area contributed by atoms with Crippen LogP contribution in [0.1, 0.15) is 0 Å². The van der Waals surface area contributed by atoms with Crippen molar-refractivity contribution in [2.75, 3.05) is 13.2 Å². The van der Waals surface area contributed by atoms with Crippen molar-refractivity contribution in [3.05, 3.63) is 11.5 Å². The van der Waals surface area contributed by atoms with Gasteiger partial charge in [0.15, 0.2) is 17.8 Å². The lowest BCUT2D eigenvalue weighted by atomic mass is 9.99. The molecule has 0 radical (unpaired) electrons. The number of ether oxygens (including phenoxy) is 3. The summed E-state index contributed by atoms with van der Waals surface area (Å²) in [5.74, 6) is -1.79. The summed E-state index contributed by atoms with van der Waals surface area (Å²) in [6, 6.07) is 0. The first kappa shape index (κ1) is 18.3. The van der Waals surface area contributed by atoms with Gasteiger partial charge in [0.1, 0.15) is 36.6 Å². The molecule has 134 valence electrons. The molecule has 2 rings (SSSR count). The molecule has 0 aromatic rings. The third-order valence-electron chi connectivity index (χ3n) is 3.72. The Morgan fingerprint density at radius 1 is 0.783 bits per heavy atom. The van der Waals surface area contributed by atoms with Gasteiger partial charge in [0.25, 0.3) is 0 Å². The van der Waals surface area contributed by atoms with Crippen LogP contribution in [0.5, 0.6) is 0 Å². The maximum Gasteiger partial charge on any atom is 0.218 e. The number of aliphatic hydroxyl groups excluding tert-OH is 8. The summed E-state index contributed by atoms with van der Waals surface area (Å²) in [6.07, 6.45) is -12.6. The molecule has 0 amide bonds. The van der Waals surface area contributed by atoms with E-state index in [4.69, 9.17) is 19.3 Å². The number of hydrogen-bond donors (Lipinski definition) is 8. The van der Waals surface area contributed by atoms with E-state index in [9.17, 15) is 35.7 Å². The zero-order valence-corrected chi connectivity index (χ0v) is 11.8. The Bertz CT molecular complexity index is 439. The lowest BCUT2D eigenvalue weighted by Gasteiger charge is -2.42. The first-order chi connectivity index (χ1) is 10.8. The highest BCUT2D eigenvalue weighted by atomic mass is 16.7. The van der Waals surface area contributed by atoms with Gasteiger partial charge in [0.2, 0.25) is 6.29 Å². The monoisotopic (exact) mass is 340 g/mol. The molecule has 2 heterocycles. The number of hydrogen-bond acceptors (Lipinski definition) is 11. The molecule has 23 heavy (non-hydrogen) atoms. The lowest BCUT2D eigenvalue weighted by molar-refractivity contribution is -0.324. The fraction of sp³-hybridized carbons (Fsp3) is 0.833. The predicted octanol–water partition coefficient (Wildman–Crippen LogP) is -3.79. The van der Waals surface area contributed by atoms with E-state index in [1.807, 2.05) is 0 Å². The number of rotatable bonds is 4. The largest absolute Gasteiger partial charge is 0.506 e. The fourth-order valence-corrected chi connectivity index (χ4v) is 2.36. The summed E-state index contributed by atoms with van der Waals surface area (Å²) in [5.41, 5.74) is 0. The third kappa shape index (κ3) is 3.42. The van der Waals surface area contributed by atoms with E-state index < -0.39 is 73.9 Å². The van der Waals surface area contributed by atoms with Crippen LogP contribution in [0.15, 0.2) is 11.5 Å². The van der Waals surface area contributed by atoms with Gasteiger partial charge < -0.3 is 55.1 Å². The summed E-state index contributed by atoms with van der Waals surface area (Å²) in [4.78, 5) is 0. The van der Waals surface area contributed by atoms with Crippen LogP contribution in [0.25, 0.3) is 0 Å². The highest BCUT2D eigenvalue weighted by Crippen LogP contribution is 2.29. The van der Waals surface area contributed by atoms with Crippen molar-refractivity contribution in [1.82, 2.24) is 0 Å². The topological polar surface area (TPSA) is 190 Å². The molecule has 0 bridgehead atoms. The van der Waals surface area contributed by atoms with Crippen molar-refractivity contribution in [3.8, 4) is 0 Å². The Morgan fingerprint density at radius 2 is 1.39 bits per heavy atom. The van der Waals surface area contributed by atoms with Crippen molar-refractivity contribution >= 4 is 0 Å². The zero-order valence-electron chi connectivity index (χ0n) is 11.8. The van der Waals surface area contributed by atoms with Gasteiger partial charge in [-0.2, -0.15) is 0 Å². The van der Waals surface area contributed by atoms with Gasteiger partial charge in [-0.25, -0.2) is 0 Å². The van der Waals surface area contributed by atoms with Crippen molar-refractivity contribution in [3.63, 3.8) is 0 Å². The summed E-state index contributed by atoms with van der Waals surface area (Å²) in [6.45, 7) is -1.39. The molecule has 0 spiro atoms. The predicted molar refractivity (Wildman–Crippen MR) is 68.9 cm³/mol. The molecule has 0 aliphatic carbocycles. The van der Waals surface area contributed by atoms with Crippen LogP contribution in [-0.4, -0.2) is 103 Å². The molecule has 2 aliphatic heterocycles. The average molecular weight is 340 g/mol. The second-order valence-electron chi connectivity index (χ2n) is 5.23. The zero-order chi connectivity index (χ0) is 17.3. The van der Waals surface area contributed by atoms with E-state index in [2.05, 4.69) is 0 Å². The molecule has 0 aromatic heterocycles. The third-order valence-corrected chi connectivity index (χ3v) is 3.72. The molecular weight excluding hydrogens is 320 g/mol. The van der Waals surface area contributed by atoms with E-state index in [0.717, 1.165) is 0 Å². The minimum Gasteiger partial charge on any atom is -0.506 e. The van der Waals surface area contributed by atoms with Crippen molar-refractivity contribution < 1.29 is 55.1 Å². The molecule has 11 nitrogen and oxygen atoms in total. The Hall–Kier alpha value is -1.02. The van der Waals surface area contributed by atoms with Crippen LogP contribution in [0.3, 0.4) is 0 Å². The lowest BCUT2D eigenvalue weighted by Crippen LogP contribution is -2.60. The summed E-state index contributed by atoms with van der Waals surface area (Å²) < 4.78 is 15.1. The van der Waals surface area contributed by atoms with E-state index >= 15 is 0 Å². The van der Waals surface area contributed by atoms with Crippen LogP contribution < -0.4 is 0 Å². The Labute approximate surface area is 130 Å². The second-order valence-corrected chi connectivity index (χ2v) is 5.23. The summed E-state index contributed by atoms with van der Waals surface area (Å²) >= 11 is 0. The van der Waals surface area contributed by atoms with Crippen LogP contribution in [0.4, 0.5) is 0 Å². The smallest absolute Gasteiger partial charge is 0.218 e. The van der Waals surface area contributed by atoms with Gasteiger partial charge in [-0.1, -0.05) is 0 Å². The van der Waals surface area contributed by atoms with Gasteiger partial charge in [-0.05, 0) is 0 Å². The Balaban J connectivity index is 2.18. The average Bonchev–Trinajstić information content (AvgIpc) is 2.55. The number of aliphatic hydroxyl groups is 8. The first-order valence-electron chi connectivity index (χ1n) is 6.84. The molecule has 0 unspecified atom stereocenters. The molecule has 8 N–H and O–H groups in total. The van der Waals surface area contributed by atoms with Crippen LogP contribution in [-0.2, 0) is 14.2 Å². The van der Waals surface area contributed by atoms with Crippen molar-refractivity contribution in [2.24, 2.45) is 0 Å². The molecular formula is C12H20O11. The fourth-order valence-electron chi connectivity index (χ4n) is 2.36. The van der Waals surface area contributed by atoms with E-state index in [1.54, 1.807) is 0 Å². The van der Waals surface area contributed by atoms with Gasteiger partial charge in [-0.3, -0.25) is 0 Å². The van der Waals surface area contributed by atoms with Gasteiger partial charge in [-0.15, -0.1) is 0 Å². The Kier molecular flexibility index (Phi) is 5.78. The SMILES string of the molecule is OC[C@H]1O[C@@H](O[C@H]2C(O)=C(O)[C@H](O)O[C@@H]2CO)[C@H](O)[C@@H](O)[C@H]1O. The van der Waals surface area contributed by atoms with Crippen LogP contribution in [0, 0.1) is 0 Å². The summed E-state index contributed by atoms with van der Waals surface area (Å²) in [5, 5.41) is 76.1. The standard InChI is InChI=1S/C12H20O11/c13-1-3-5(15)6(16)9(19)12(22-3)23-10-4(2-14)21-11(20)8(18)7(10)17/h3-6,9-20H,1-2H2/t3-,4-,5+,6+,9-,10-,11-,12+/m1/s1. The van der Waals surface area contributed by atoms with Crippen molar-refractivity contribution in [1.29, 1.82) is 0 Å². The molecule has 8 atom stereocenters. The van der Waals surface area contributed by atoms with Crippen molar-refractivity contribution in [2.45, 2.75) is 49.2 Å². The maximum absolute atomic E-state index is 9.86. The molecule has 1 fully saturated rings. The maximum atomic E-state index is 9.86. The quantitative estimate of drug-likeness (QED) is 0.250. The molecule has 0 saturated carbocycles. The van der Waals surface area contributed by atoms with E-state index in [-0.39, 0.29) is 0 Å². The van der Waals surface area contributed by atoms with Gasteiger partial charge >= 0.3 is 0 Å². The van der Waals surface area contributed by atoms with Gasteiger partial charge in [0.05, 0.1) is 13.2 Å². The minimum atomic E-state index is -1.86. The van der Waals surface area contributed by atoms with E-state index in [1.165, 1.54) is 0 Å². The minimum absolute atomic E-state index is 0.679. The molecule has 0 aromatic carbocycles. The molecule has 2 aliphatic rings. The van der Waals surface area contributed by atoms with Crippen LogP contribution in [0.2, 0.25) is 0 Å². The highest BCUT2D eigenvalue weighted by molar-refractivity contribution is 5.13. The van der Waals surface area contributed by atoms with E-state index in [0.29, 0.717) is 0 Å². The second kappa shape index (κ2) is 7.25. The highest BCUT2D eigenvalue weighted by Gasteiger charge is 2.47. The normalized spacial score (nSPS) is 45.3. The van der Waals surface area contributed by atoms with Crippen LogP contribution >= 0.6 is 0 Å². The molecule has 1 saturated heterocycles. The van der Waals surface area contributed by atoms with Gasteiger partial charge in [0, 0.05) is 0 Å². The summed E-state index contributed by atoms with van der Waals surface area (Å²) in [7, 11) is 0. The Morgan fingerprint density at radius 3 is 1.96 bits per heavy atom. The first-order valence-corrected chi connectivity index (χ1v) is 6.84. The molecule has 11 heteroatoms.